The Kier molecular flexibility index (Phi) is 5.09. The second-order valence-corrected chi connectivity index (χ2v) is 7.02. The minimum absolute atomic E-state index is 0.140. The topological polar surface area (TPSA) is 111 Å². The smallest absolute Gasteiger partial charge is 0.247 e. The number of aromatic nitrogens is 3. The first-order valence-electron chi connectivity index (χ1n) is 9.88. The third kappa shape index (κ3) is 4.06. The van der Waals surface area contributed by atoms with Gasteiger partial charge < -0.3 is 18.7 Å². The molecule has 0 radical (unpaired) electrons. The molecule has 0 fully saturated rings. The molecule has 8 heteroatoms. The first-order chi connectivity index (χ1) is 15.7. The van der Waals surface area contributed by atoms with Gasteiger partial charge in [-0.15, -0.1) is 10.2 Å². The molecule has 0 aliphatic rings. The number of rotatable bonds is 6. The van der Waals surface area contributed by atoms with Gasteiger partial charge in [0.2, 0.25) is 11.8 Å². The molecule has 5 rings (SSSR count). The molecular weight excluding hydrogens is 410 g/mol. The van der Waals surface area contributed by atoms with Crippen LogP contribution in [0.15, 0.2) is 86.7 Å². The van der Waals surface area contributed by atoms with Gasteiger partial charge in [0, 0.05) is 35.7 Å². The number of hydrogen-bond donors (Lipinski definition) is 1. The van der Waals surface area contributed by atoms with E-state index in [1.807, 2.05) is 0 Å². The van der Waals surface area contributed by atoms with Crippen molar-refractivity contribution >= 4 is 11.0 Å². The molecule has 3 heterocycles. The van der Waals surface area contributed by atoms with E-state index < -0.39 is 0 Å². The van der Waals surface area contributed by atoms with E-state index in [1.54, 1.807) is 54.9 Å². The summed E-state index contributed by atoms with van der Waals surface area (Å²) in [5.74, 6) is 1.99. The molecule has 0 unspecified atom stereocenters. The van der Waals surface area contributed by atoms with Crippen LogP contribution in [0.2, 0.25) is 0 Å². The lowest BCUT2D eigenvalue weighted by molar-refractivity contribution is 0.307. The lowest BCUT2D eigenvalue weighted by Gasteiger charge is -2.07. The molecule has 158 valence electrons. The minimum Gasteiger partial charge on any atom is -0.508 e. The molecule has 32 heavy (non-hydrogen) atoms. The maximum atomic E-state index is 12.5. The van der Waals surface area contributed by atoms with Crippen LogP contribution < -0.4 is 10.2 Å². The molecule has 0 bridgehead atoms. The second kappa shape index (κ2) is 8.35. The molecule has 1 N–H and O–H groups in total. The fraction of sp³-hybridized carbons (Fsp3) is 0.0833. The van der Waals surface area contributed by atoms with Crippen LogP contribution >= 0.6 is 0 Å². The van der Waals surface area contributed by atoms with Crippen molar-refractivity contribution in [1.29, 1.82) is 0 Å². The number of nitrogens with zero attached hydrogens (tertiary/aromatic N) is 3. The number of phenols is 1. The maximum Gasteiger partial charge on any atom is 0.247 e. The average Bonchev–Trinajstić information content (AvgIpc) is 3.29. The van der Waals surface area contributed by atoms with Gasteiger partial charge in [0.1, 0.15) is 22.8 Å². The van der Waals surface area contributed by atoms with Crippen molar-refractivity contribution in [2.45, 2.75) is 6.42 Å². The zero-order valence-corrected chi connectivity index (χ0v) is 16.8. The molecule has 3 aromatic heterocycles. The third-order valence-corrected chi connectivity index (χ3v) is 4.83. The summed E-state index contributed by atoms with van der Waals surface area (Å²) in [5, 5.41) is 18.0. The largest absolute Gasteiger partial charge is 0.508 e. The number of pyridine rings is 1. The highest BCUT2D eigenvalue weighted by molar-refractivity contribution is 5.80. The quantitative estimate of drug-likeness (QED) is 0.428. The Bertz CT molecular complexity index is 1430. The van der Waals surface area contributed by atoms with Crippen LogP contribution in [0.1, 0.15) is 5.89 Å². The molecule has 5 aromatic rings. The van der Waals surface area contributed by atoms with E-state index >= 15 is 0 Å². The van der Waals surface area contributed by atoms with Crippen LogP contribution in [0.5, 0.6) is 11.5 Å². The fourth-order valence-electron chi connectivity index (χ4n) is 3.22. The predicted octanol–water partition coefficient (Wildman–Crippen LogP) is 4.23. The maximum absolute atomic E-state index is 12.5. The summed E-state index contributed by atoms with van der Waals surface area (Å²) in [6, 6.07) is 16.5. The van der Waals surface area contributed by atoms with E-state index in [9.17, 15) is 9.90 Å². The van der Waals surface area contributed by atoms with Crippen molar-refractivity contribution in [3.63, 3.8) is 0 Å². The Balaban J connectivity index is 1.31. The van der Waals surface area contributed by atoms with Gasteiger partial charge in [-0.25, -0.2) is 0 Å². The monoisotopic (exact) mass is 427 g/mol. The van der Waals surface area contributed by atoms with Gasteiger partial charge in [0.15, 0.2) is 5.43 Å². The van der Waals surface area contributed by atoms with Gasteiger partial charge in [-0.2, -0.15) is 0 Å². The molecule has 0 aliphatic carbocycles. The normalized spacial score (nSPS) is 11.0. The highest BCUT2D eigenvalue weighted by Crippen LogP contribution is 2.26. The molecule has 0 saturated carbocycles. The number of phenolic OH excluding ortho intramolecular Hbond substituents is 1. The van der Waals surface area contributed by atoms with Gasteiger partial charge in [-0.05, 0) is 48.5 Å². The Morgan fingerprint density at radius 2 is 1.69 bits per heavy atom. The Morgan fingerprint density at radius 3 is 2.50 bits per heavy atom. The summed E-state index contributed by atoms with van der Waals surface area (Å²) in [5.41, 5.74) is 1.74. The lowest BCUT2D eigenvalue weighted by atomic mass is 10.1. The first-order valence-corrected chi connectivity index (χ1v) is 9.88. The van der Waals surface area contributed by atoms with Gasteiger partial charge in [-0.3, -0.25) is 9.78 Å². The van der Waals surface area contributed by atoms with Gasteiger partial charge in [0.25, 0.3) is 0 Å². The zero-order chi connectivity index (χ0) is 21.9. The van der Waals surface area contributed by atoms with Crippen LogP contribution in [0.4, 0.5) is 0 Å². The van der Waals surface area contributed by atoms with Crippen molar-refractivity contribution in [1.82, 2.24) is 15.2 Å². The molecule has 0 amide bonds. The van der Waals surface area contributed by atoms with Crippen LogP contribution in [0.3, 0.4) is 0 Å². The van der Waals surface area contributed by atoms with Crippen LogP contribution in [0, 0.1) is 0 Å². The predicted molar refractivity (Wildman–Crippen MR) is 116 cm³/mol. The first kappa shape index (κ1) is 19.5. The number of aromatic hydroxyl groups is 1. The zero-order valence-electron chi connectivity index (χ0n) is 16.8. The highest BCUT2D eigenvalue weighted by Gasteiger charge is 2.10. The molecule has 8 nitrogen and oxygen atoms in total. The summed E-state index contributed by atoms with van der Waals surface area (Å²) in [6.45, 7) is 0.311. The lowest BCUT2D eigenvalue weighted by Crippen LogP contribution is -2.03. The van der Waals surface area contributed by atoms with Crippen molar-refractivity contribution in [3.05, 3.63) is 89.2 Å². The molecule has 0 saturated heterocycles. The van der Waals surface area contributed by atoms with E-state index in [0.717, 1.165) is 5.56 Å². The number of hydrogen-bond acceptors (Lipinski definition) is 8. The van der Waals surface area contributed by atoms with Gasteiger partial charge >= 0.3 is 0 Å². The van der Waals surface area contributed by atoms with E-state index in [-0.39, 0.29) is 11.2 Å². The summed E-state index contributed by atoms with van der Waals surface area (Å²) >= 11 is 0. The van der Waals surface area contributed by atoms with Crippen LogP contribution in [0.25, 0.3) is 33.7 Å². The van der Waals surface area contributed by atoms with Crippen molar-refractivity contribution in [2.75, 3.05) is 6.61 Å². The number of ether oxygens (including phenoxy) is 1. The molecular formula is C24H17N3O5. The average molecular weight is 427 g/mol. The van der Waals surface area contributed by atoms with Crippen molar-refractivity contribution < 1.29 is 18.7 Å². The SMILES string of the molecule is O=c1cc(-c2ccc(O)cc2)oc2cc(OCCc3nnc(-c4ccncc4)o3)ccc12. The van der Waals surface area contributed by atoms with Crippen molar-refractivity contribution in [3.8, 4) is 34.3 Å². The summed E-state index contributed by atoms with van der Waals surface area (Å²) in [6.07, 6.45) is 3.74. The van der Waals surface area contributed by atoms with Crippen LogP contribution in [-0.2, 0) is 6.42 Å². The summed E-state index contributed by atoms with van der Waals surface area (Å²) in [7, 11) is 0. The van der Waals surface area contributed by atoms with E-state index in [1.165, 1.54) is 18.2 Å². The Hall–Kier alpha value is -4.46. The summed E-state index contributed by atoms with van der Waals surface area (Å²) in [4.78, 5) is 16.5. The molecule has 0 atom stereocenters. The standard InChI is InChI=1S/C24H17N3O5/c28-17-3-1-15(2-4-17)21-14-20(29)19-6-5-18(13-22(19)31-21)30-12-9-23-26-27-24(32-23)16-7-10-25-11-8-16/h1-8,10-11,13-14,28H,9,12H2. The van der Waals surface area contributed by atoms with Gasteiger partial charge in [0.05, 0.1) is 18.4 Å². The molecule has 0 aliphatic heterocycles. The molecule has 0 spiro atoms. The molecule has 2 aromatic carbocycles. The third-order valence-electron chi connectivity index (χ3n) is 4.83. The van der Waals surface area contributed by atoms with Gasteiger partial charge in [-0.1, -0.05) is 0 Å². The Morgan fingerprint density at radius 1 is 0.875 bits per heavy atom. The van der Waals surface area contributed by atoms with Crippen molar-refractivity contribution in [2.24, 2.45) is 0 Å². The number of fused-ring (bicyclic) bond motifs is 1. The summed E-state index contributed by atoms with van der Waals surface area (Å²) < 4.78 is 17.4. The Labute approximate surface area is 181 Å². The number of benzene rings is 2. The highest BCUT2D eigenvalue weighted by atomic mass is 16.5. The minimum atomic E-state index is -0.157. The second-order valence-electron chi connectivity index (χ2n) is 7.02. The van der Waals surface area contributed by atoms with Crippen LogP contribution in [-0.4, -0.2) is 26.9 Å². The van der Waals surface area contributed by atoms with E-state index in [2.05, 4.69) is 15.2 Å². The van der Waals surface area contributed by atoms with E-state index in [0.29, 0.717) is 52.9 Å². The van der Waals surface area contributed by atoms with E-state index in [4.69, 9.17) is 13.6 Å². The fourth-order valence-corrected chi connectivity index (χ4v) is 3.22.